The molecule has 3 rings (SSSR count). The van der Waals surface area contributed by atoms with Crippen molar-refractivity contribution in [3.8, 4) is 0 Å². The van der Waals surface area contributed by atoms with Crippen LogP contribution in [0.15, 0.2) is 53.0 Å². The van der Waals surface area contributed by atoms with Crippen molar-refractivity contribution in [3.63, 3.8) is 0 Å². The lowest BCUT2D eigenvalue weighted by atomic mass is 9.92. The molecule has 1 heterocycles. The number of halogens is 1. The average Bonchev–Trinajstić information content (AvgIpc) is 2.80. The maximum absolute atomic E-state index is 12.9. The maximum atomic E-state index is 12.9. The van der Waals surface area contributed by atoms with E-state index in [4.69, 9.17) is 0 Å². The van der Waals surface area contributed by atoms with Gasteiger partial charge in [-0.15, -0.1) is 0 Å². The summed E-state index contributed by atoms with van der Waals surface area (Å²) < 4.78 is 0.720. The van der Waals surface area contributed by atoms with Gasteiger partial charge in [-0.05, 0) is 19.9 Å². The number of ketones is 1. The number of carbonyl (C=O) groups is 3. The van der Waals surface area contributed by atoms with Gasteiger partial charge in [-0.2, -0.15) is 0 Å². The number of imide groups is 1. The molecule has 0 aliphatic carbocycles. The molecule has 0 spiro atoms. The SMILES string of the molecule is Cc1ccc(C(=O)CN2C(=O)N[C@](C)(c3ccccc3Br)C2=O)cc1. The second kappa shape index (κ2) is 6.44. The number of hydrogen-bond donors (Lipinski definition) is 1. The second-order valence-electron chi connectivity index (χ2n) is 6.22. The van der Waals surface area contributed by atoms with Gasteiger partial charge in [0.1, 0.15) is 5.54 Å². The Kier molecular flexibility index (Phi) is 4.47. The summed E-state index contributed by atoms with van der Waals surface area (Å²) in [5.74, 6) is -0.718. The Morgan fingerprint density at radius 1 is 1.12 bits per heavy atom. The zero-order valence-electron chi connectivity index (χ0n) is 13.9. The van der Waals surface area contributed by atoms with Gasteiger partial charge in [0.15, 0.2) is 5.78 Å². The first-order valence-corrected chi connectivity index (χ1v) is 8.61. The summed E-state index contributed by atoms with van der Waals surface area (Å²) in [6, 6.07) is 13.7. The van der Waals surface area contributed by atoms with Crippen LogP contribution in [-0.4, -0.2) is 29.2 Å². The van der Waals surface area contributed by atoms with Gasteiger partial charge in [-0.1, -0.05) is 64.0 Å². The van der Waals surface area contributed by atoms with Crippen molar-refractivity contribution < 1.29 is 14.4 Å². The van der Waals surface area contributed by atoms with Crippen LogP contribution in [0.25, 0.3) is 0 Å². The molecule has 0 radical (unpaired) electrons. The monoisotopic (exact) mass is 400 g/mol. The first-order chi connectivity index (χ1) is 11.8. The topological polar surface area (TPSA) is 66.5 Å². The lowest BCUT2D eigenvalue weighted by molar-refractivity contribution is -0.130. The number of nitrogens with one attached hydrogen (secondary N) is 1. The van der Waals surface area contributed by atoms with Crippen LogP contribution in [0.5, 0.6) is 0 Å². The Morgan fingerprint density at radius 2 is 1.76 bits per heavy atom. The zero-order valence-corrected chi connectivity index (χ0v) is 15.5. The van der Waals surface area contributed by atoms with E-state index in [2.05, 4.69) is 21.2 Å². The molecule has 1 fully saturated rings. The number of aryl methyl sites for hydroxylation is 1. The standard InChI is InChI=1S/C19H17BrN2O3/c1-12-7-9-13(10-8-12)16(23)11-22-17(24)19(2,21-18(22)25)14-5-3-4-6-15(14)20/h3-10H,11H2,1-2H3,(H,21,25)/t19-/m1/s1. The highest BCUT2D eigenvalue weighted by Crippen LogP contribution is 2.33. The molecule has 128 valence electrons. The molecule has 1 atom stereocenters. The summed E-state index contributed by atoms with van der Waals surface area (Å²) in [6.07, 6.45) is 0. The number of amides is 3. The normalized spacial score (nSPS) is 19.9. The molecule has 2 aromatic carbocycles. The van der Waals surface area contributed by atoms with Crippen molar-refractivity contribution in [2.24, 2.45) is 0 Å². The Balaban J connectivity index is 1.85. The van der Waals surface area contributed by atoms with E-state index in [0.717, 1.165) is 14.9 Å². The minimum atomic E-state index is -1.20. The lowest BCUT2D eigenvalue weighted by Crippen LogP contribution is -2.41. The third-order valence-corrected chi connectivity index (χ3v) is 5.05. The molecule has 25 heavy (non-hydrogen) atoms. The van der Waals surface area contributed by atoms with E-state index >= 15 is 0 Å². The molecular weight excluding hydrogens is 384 g/mol. The number of rotatable bonds is 4. The van der Waals surface area contributed by atoms with Gasteiger partial charge in [0, 0.05) is 15.6 Å². The van der Waals surface area contributed by atoms with Gasteiger partial charge < -0.3 is 5.32 Å². The summed E-state index contributed by atoms with van der Waals surface area (Å²) in [7, 11) is 0. The predicted octanol–water partition coefficient (Wildman–Crippen LogP) is 3.41. The summed E-state index contributed by atoms with van der Waals surface area (Å²) >= 11 is 3.41. The van der Waals surface area contributed by atoms with Crippen LogP contribution in [0.2, 0.25) is 0 Å². The molecule has 1 saturated heterocycles. The molecule has 0 aromatic heterocycles. The number of benzene rings is 2. The highest BCUT2D eigenvalue weighted by atomic mass is 79.9. The number of urea groups is 1. The molecule has 3 amide bonds. The number of carbonyl (C=O) groups excluding carboxylic acids is 3. The predicted molar refractivity (Wildman–Crippen MR) is 97.2 cm³/mol. The fourth-order valence-corrected chi connectivity index (χ4v) is 3.55. The third kappa shape index (κ3) is 3.09. The summed E-state index contributed by atoms with van der Waals surface area (Å²) in [5, 5.41) is 2.71. The van der Waals surface area contributed by atoms with Crippen molar-refractivity contribution >= 4 is 33.7 Å². The van der Waals surface area contributed by atoms with Gasteiger partial charge >= 0.3 is 6.03 Å². The molecule has 0 saturated carbocycles. The fraction of sp³-hybridized carbons (Fsp3) is 0.211. The Morgan fingerprint density at radius 3 is 2.40 bits per heavy atom. The van der Waals surface area contributed by atoms with E-state index in [1.807, 2.05) is 25.1 Å². The number of Topliss-reactive ketones (excluding diaryl/α,β-unsaturated/α-hetero) is 1. The quantitative estimate of drug-likeness (QED) is 0.631. The largest absolute Gasteiger partial charge is 0.325 e. The van der Waals surface area contributed by atoms with Crippen molar-refractivity contribution in [2.75, 3.05) is 6.54 Å². The molecule has 0 unspecified atom stereocenters. The summed E-state index contributed by atoms with van der Waals surface area (Å²) in [6.45, 7) is 3.28. The van der Waals surface area contributed by atoms with E-state index < -0.39 is 17.5 Å². The lowest BCUT2D eigenvalue weighted by Gasteiger charge is -2.23. The first-order valence-electron chi connectivity index (χ1n) is 7.82. The number of hydrogen-bond acceptors (Lipinski definition) is 3. The smallest absolute Gasteiger partial charge is 0.319 e. The van der Waals surface area contributed by atoms with Gasteiger partial charge in [-0.25, -0.2) is 4.79 Å². The van der Waals surface area contributed by atoms with Crippen molar-refractivity contribution in [1.82, 2.24) is 10.2 Å². The number of nitrogens with zero attached hydrogens (tertiary/aromatic N) is 1. The van der Waals surface area contributed by atoms with Crippen molar-refractivity contribution in [3.05, 3.63) is 69.7 Å². The fourth-order valence-electron chi connectivity index (χ4n) is 2.86. The Hall–Kier alpha value is -2.47. The molecule has 1 N–H and O–H groups in total. The second-order valence-corrected chi connectivity index (χ2v) is 7.07. The summed E-state index contributed by atoms with van der Waals surface area (Å²) in [5.41, 5.74) is 0.956. The first kappa shape index (κ1) is 17.4. The van der Waals surface area contributed by atoms with Gasteiger partial charge in [0.2, 0.25) is 0 Å². The van der Waals surface area contributed by atoms with Gasteiger partial charge in [0.05, 0.1) is 6.54 Å². The molecule has 0 bridgehead atoms. The van der Waals surface area contributed by atoms with E-state index in [1.165, 1.54) is 0 Å². The molecule has 5 nitrogen and oxygen atoms in total. The molecule has 6 heteroatoms. The van der Waals surface area contributed by atoms with Crippen LogP contribution in [0.1, 0.15) is 28.4 Å². The van der Waals surface area contributed by atoms with E-state index in [1.54, 1.807) is 37.3 Å². The highest BCUT2D eigenvalue weighted by Gasteiger charge is 2.50. The minimum absolute atomic E-state index is 0.278. The van der Waals surface area contributed by atoms with Gasteiger partial charge in [0.25, 0.3) is 5.91 Å². The molecular formula is C19H17BrN2O3. The Bertz CT molecular complexity index is 863. The van der Waals surface area contributed by atoms with Crippen LogP contribution in [0.4, 0.5) is 4.79 Å². The average molecular weight is 401 g/mol. The molecule has 1 aliphatic heterocycles. The van der Waals surface area contributed by atoms with E-state index in [0.29, 0.717) is 11.1 Å². The van der Waals surface area contributed by atoms with Crippen LogP contribution >= 0.6 is 15.9 Å². The van der Waals surface area contributed by atoms with Crippen LogP contribution in [0, 0.1) is 6.92 Å². The highest BCUT2D eigenvalue weighted by molar-refractivity contribution is 9.10. The summed E-state index contributed by atoms with van der Waals surface area (Å²) in [4.78, 5) is 38.6. The third-order valence-electron chi connectivity index (χ3n) is 4.36. The molecule has 1 aliphatic rings. The maximum Gasteiger partial charge on any atom is 0.325 e. The van der Waals surface area contributed by atoms with Gasteiger partial charge in [-0.3, -0.25) is 14.5 Å². The van der Waals surface area contributed by atoms with Crippen molar-refractivity contribution in [2.45, 2.75) is 19.4 Å². The van der Waals surface area contributed by atoms with E-state index in [-0.39, 0.29) is 12.3 Å². The zero-order chi connectivity index (χ0) is 18.2. The Labute approximate surface area is 154 Å². The van der Waals surface area contributed by atoms with Crippen LogP contribution in [-0.2, 0) is 10.3 Å². The minimum Gasteiger partial charge on any atom is -0.319 e. The van der Waals surface area contributed by atoms with Crippen molar-refractivity contribution in [1.29, 1.82) is 0 Å². The molecule has 2 aromatic rings. The van der Waals surface area contributed by atoms with E-state index in [9.17, 15) is 14.4 Å². The van der Waals surface area contributed by atoms with Crippen LogP contribution < -0.4 is 5.32 Å². The van der Waals surface area contributed by atoms with Crippen LogP contribution in [0.3, 0.4) is 0 Å².